The van der Waals surface area contributed by atoms with Gasteiger partial charge in [-0.1, -0.05) is 24.3 Å². The lowest BCUT2D eigenvalue weighted by Gasteiger charge is -2.31. The van der Waals surface area contributed by atoms with Crippen molar-refractivity contribution in [3.63, 3.8) is 0 Å². The van der Waals surface area contributed by atoms with Crippen molar-refractivity contribution in [1.82, 2.24) is 20.5 Å². The highest BCUT2D eigenvalue weighted by molar-refractivity contribution is 6.31. The second kappa shape index (κ2) is 9.70. The molecule has 0 amide bonds. The Hall–Kier alpha value is -1.91. The topological polar surface area (TPSA) is 43.1 Å². The molecule has 3 rings (SSSR count). The van der Waals surface area contributed by atoms with Crippen LogP contribution < -0.4 is 10.6 Å². The maximum atomic E-state index is 6.09. The van der Waals surface area contributed by atoms with Crippen molar-refractivity contribution < 1.29 is 0 Å². The molecule has 1 saturated heterocycles. The molecule has 2 aromatic rings. The summed E-state index contributed by atoms with van der Waals surface area (Å²) in [7, 11) is 2.17. The molecular weight excluding hydrogens is 344 g/mol. The van der Waals surface area contributed by atoms with Crippen molar-refractivity contribution in [3.8, 4) is 0 Å². The van der Waals surface area contributed by atoms with Gasteiger partial charge in [0.2, 0.25) is 0 Å². The zero-order valence-electron chi connectivity index (χ0n) is 16.2. The molecule has 0 saturated carbocycles. The summed E-state index contributed by atoms with van der Waals surface area (Å²) in [6, 6.07) is 6.43. The average molecular weight is 375 g/mol. The van der Waals surface area contributed by atoms with Gasteiger partial charge in [-0.3, -0.25) is 0 Å². The van der Waals surface area contributed by atoms with Crippen LogP contribution in [0.25, 0.3) is 10.9 Å². The molecule has 1 unspecified atom stereocenters. The highest BCUT2D eigenvalue weighted by Gasteiger charge is 2.17. The third kappa shape index (κ3) is 5.55. The van der Waals surface area contributed by atoms with Gasteiger partial charge in [0.1, 0.15) is 0 Å². The molecule has 0 bridgehead atoms. The van der Waals surface area contributed by atoms with Crippen molar-refractivity contribution in [2.24, 2.45) is 0 Å². The summed E-state index contributed by atoms with van der Waals surface area (Å²) in [5.74, 6) is 0.890. The van der Waals surface area contributed by atoms with Crippen LogP contribution in [-0.2, 0) is 6.54 Å². The van der Waals surface area contributed by atoms with Gasteiger partial charge in [0.05, 0.1) is 12.4 Å². The number of aromatic nitrogens is 1. The van der Waals surface area contributed by atoms with Crippen LogP contribution in [0, 0.1) is 6.92 Å². The number of aryl methyl sites for hydroxylation is 1. The molecule has 1 fully saturated rings. The number of hydrogen-bond donors (Lipinski definition) is 3. The first-order valence-electron chi connectivity index (χ1n) is 9.16. The lowest BCUT2D eigenvalue weighted by atomic mass is 10.1. The van der Waals surface area contributed by atoms with E-state index >= 15 is 0 Å². The number of nitrogens with one attached hydrogen (secondary N) is 3. The fraction of sp³-hybridized carbons (Fsp3) is 0.429. The monoisotopic (exact) mass is 374 g/mol. The van der Waals surface area contributed by atoms with Crippen molar-refractivity contribution in [3.05, 3.63) is 59.5 Å². The van der Waals surface area contributed by atoms with Gasteiger partial charge >= 0.3 is 0 Å². The number of H-pyrrole nitrogens is 1. The second-order valence-corrected chi connectivity index (χ2v) is 7.34. The minimum atomic E-state index is 0.483. The number of hydrogen-bond acceptors (Lipinski definition) is 3. The fourth-order valence-electron chi connectivity index (χ4n) is 3.31. The number of piperidine rings is 1. The van der Waals surface area contributed by atoms with Crippen LogP contribution in [0.5, 0.6) is 0 Å². The summed E-state index contributed by atoms with van der Waals surface area (Å²) in [5, 5.41) is 8.84. The first-order chi connectivity index (χ1) is 12.4. The van der Waals surface area contributed by atoms with Gasteiger partial charge < -0.3 is 20.5 Å². The molecule has 0 aliphatic carbocycles. The van der Waals surface area contributed by atoms with Crippen LogP contribution in [0.1, 0.15) is 31.0 Å². The molecule has 5 heteroatoms. The van der Waals surface area contributed by atoms with E-state index in [4.69, 9.17) is 11.6 Å². The zero-order valence-corrected chi connectivity index (χ0v) is 16.9. The smallest absolute Gasteiger partial charge is 0.0918 e. The third-order valence-electron chi connectivity index (χ3n) is 4.61. The van der Waals surface area contributed by atoms with Crippen LogP contribution in [0.3, 0.4) is 0 Å². The number of likely N-dealkylation sites (tertiary alicyclic amines) is 1. The number of benzene rings is 1. The van der Waals surface area contributed by atoms with Gasteiger partial charge in [0.15, 0.2) is 0 Å². The Morgan fingerprint density at radius 3 is 2.88 bits per heavy atom. The lowest BCUT2D eigenvalue weighted by molar-refractivity contribution is 0.233. The first kappa shape index (κ1) is 20.4. The predicted molar refractivity (Wildman–Crippen MR) is 114 cm³/mol. The molecule has 1 aromatic carbocycles. The van der Waals surface area contributed by atoms with Gasteiger partial charge in [-0.2, -0.15) is 0 Å². The molecule has 3 N–H and O–H groups in total. The van der Waals surface area contributed by atoms with Crippen LogP contribution >= 0.6 is 11.6 Å². The number of aromatic amines is 1. The minimum Gasteiger partial charge on any atom is -0.368 e. The number of halogens is 1. The largest absolute Gasteiger partial charge is 0.368 e. The molecule has 0 spiro atoms. The normalized spacial score (nSPS) is 17.3. The van der Waals surface area contributed by atoms with E-state index in [0.29, 0.717) is 6.04 Å². The summed E-state index contributed by atoms with van der Waals surface area (Å²) in [4.78, 5) is 5.82. The predicted octanol–water partition coefficient (Wildman–Crippen LogP) is 4.57. The Balaban J connectivity index is 0.000000758. The maximum absolute atomic E-state index is 6.09. The fourth-order valence-corrected chi connectivity index (χ4v) is 3.48. The van der Waals surface area contributed by atoms with E-state index in [1.807, 2.05) is 25.1 Å². The SMILES string of the molecule is C=C(NCc1[nH]c2ccc(Cl)cc2c1C)NC1CCCN(C)C1.C=CC. The van der Waals surface area contributed by atoms with Crippen LogP contribution in [0.15, 0.2) is 43.3 Å². The second-order valence-electron chi connectivity index (χ2n) is 6.90. The highest BCUT2D eigenvalue weighted by atomic mass is 35.5. The molecule has 1 atom stereocenters. The maximum Gasteiger partial charge on any atom is 0.0918 e. The summed E-state index contributed by atoms with van der Waals surface area (Å²) >= 11 is 6.09. The lowest BCUT2D eigenvalue weighted by Crippen LogP contribution is -2.45. The zero-order chi connectivity index (χ0) is 19.1. The van der Waals surface area contributed by atoms with Crippen LogP contribution in [0.4, 0.5) is 0 Å². The van der Waals surface area contributed by atoms with E-state index in [2.05, 4.69) is 47.6 Å². The molecule has 0 radical (unpaired) electrons. The van der Waals surface area contributed by atoms with Crippen molar-refractivity contribution in [2.45, 2.75) is 39.3 Å². The Morgan fingerprint density at radius 2 is 2.19 bits per heavy atom. The molecule has 4 nitrogen and oxygen atoms in total. The van der Waals surface area contributed by atoms with E-state index < -0.39 is 0 Å². The minimum absolute atomic E-state index is 0.483. The standard InChI is InChI=1S/C18H25ClN4.C3H6/c1-12-16-9-14(19)6-7-17(16)22-18(12)10-20-13(2)21-15-5-4-8-23(3)11-15;1-3-2/h6-7,9,15,20-22H,2,4-5,8,10-11H2,1,3H3;3H,1H2,2H3. The summed E-state index contributed by atoms with van der Waals surface area (Å²) in [5.41, 5.74) is 3.53. The van der Waals surface area contributed by atoms with Crippen LogP contribution in [0.2, 0.25) is 5.02 Å². The highest BCUT2D eigenvalue weighted by Crippen LogP contribution is 2.24. The molecule has 1 aliphatic rings. The van der Waals surface area contributed by atoms with E-state index in [1.54, 1.807) is 6.08 Å². The van der Waals surface area contributed by atoms with E-state index in [1.165, 1.54) is 36.0 Å². The van der Waals surface area contributed by atoms with Crippen LogP contribution in [-0.4, -0.2) is 36.1 Å². The Labute approximate surface area is 162 Å². The number of likely N-dealkylation sites (N-methyl/N-ethyl adjacent to an activating group) is 1. The van der Waals surface area contributed by atoms with E-state index in [0.717, 1.165) is 29.4 Å². The molecule has 26 heavy (non-hydrogen) atoms. The molecule has 142 valence electrons. The van der Waals surface area contributed by atoms with Gasteiger partial charge in [-0.15, -0.1) is 6.58 Å². The molecule has 2 heterocycles. The molecule has 1 aliphatic heterocycles. The Morgan fingerprint density at radius 1 is 1.46 bits per heavy atom. The van der Waals surface area contributed by atoms with Gasteiger partial charge in [-0.25, -0.2) is 0 Å². The van der Waals surface area contributed by atoms with Gasteiger partial charge in [-0.05, 0) is 64.0 Å². The summed E-state index contributed by atoms with van der Waals surface area (Å²) in [6.07, 6.45) is 4.19. The number of fused-ring (bicyclic) bond motifs is 1. The molecular formula is C21H31ClN4. The first-order valence-corrected chi connectivity index (χ1v) is 9.54. The third-order valence-corrected chi connectivity index (χ3v) is 4.84. The Kier molecular flexibility index (Phi) is 7.61. The number of allylic oxidation sites excluding steroid dienone is 1. The van der Waals surface area contributed by atoms with Crippen molar-refractivity contribution in [2.75, 3.05) is 20.1 Å². The van der Waals surface area contributed by atoms with Crippen molar-refractivity contribution >= 4 is 22.5 Å². The Bertz CT molecular complexity index is 750. The van der Waals surface area contributed by atoms with E-state index in [-0.39, 0.29) is 0 Å². The number of nitrogens with zero attached hydrogens (tertiary/aromatic N) is 1. The van der Waals surface area contributed by atoms with Crippen molar-refractivity contribution in [1.29, 1.82) is 0 Å². The van der Waals surface area contributed by atoms with Gasteiger partial charge in [0.25, 0.3) is 0 Å². The summed E-state index contributed by atoms with van der Waals surface area (Å²) in [6.45, 7) is 14.5. The average Bonchev–Trinajstić information content (AvgIpc) is 2.90. The summed E-state index contributed by atoms with van der Waals surface area (Å²) < 4.78 is 0. The molecule has 1 aromatic heterocycles. The van der Waals surface area contributed by atoms with Gasteiger partial charge in [0, 0.05) is 34.2 Å². The van der Waals surface area contributed by atoms with E-state index in [9.17, 15) is 0 Å². The number of rotatable bonds is 5. The quantitative estimate of drug-likeness (QED) is 0.672.